The Kier molecular flexibility index (Phi) is 7.51. The molecule has 10 nitrogen and oxygen atoms in total. The van der Waals surface area contributed by atoms with Crippen LogP contribution in [-0.4, -0.2) is 62.9 Å². The summed E-state index contributed by atoms with van der Waals surface area (Å²) in [5.41, 5.74) is 2.41. The highest BCUT2D eigenvalue weighted by molar-refractivity contribution is 6.30. The number of amides is 1. The summed E-state index contributed by atoms with van der Waals surface area (Å²) in [7, 11) is 0. The molecule has 0 radical (unpaired) electrons. The number of tetrazole rings is 1. The molecule has 0 bridgehead atoms. The van der Waals surface area contributed by atoms with Gasteiger partial charge in [0.1, 0.15) is 6.33 Å². The Morgan fingerprint density at radius 2 is 2.03 bits per heavy atom. The van der Waals surface area contributed by atoms with Gasteiger partial charge in [0, 0.05) is 34.9 Å². The van der Waals surface area contributed by atoms with Crippen molar-refractivity contribution in [1.29, 1.82) is 0 Å². The summed E-state index contributed by atoms with van der Waals surface area (Å²) < 4.78 is 1.50. The number of aromatic nitrogens is 4. The number of halogens is 1. The fourth-order valence-electron chi connectivity index (χ4n) is 3.64. The number of rotatable bonds is 10. The molecule has 34 heavy (non-hydrogen) atoms. The summed E-state index contributed by atoms with van der Waals surface area (Å²) in [4.78, 5) is 23.8. The van der Waals surface area contributed by atoms with Gasteiger partial charge in [-0.15, -0.1) is 5.10 Å². The molecule has 2 aromatic carbocycles. The van der Waals surface area contributed by atoms with Gasteiger partial charge in [0.2, 0.25) is 5.91 Å². The lowest BCUT2D eigenvalue weighted by atomic mass is 9.94. The predicted octanol–water partition coefficient (Wildman–Crippen LogP) is 2.23. The smallest absolute Gasteiger partial charge is 0.335 e. The molecule has 1 aliphatic heterocycles. The molecule has 1 aromatic heterocycles. The van der Waals surface area contributed by atoms with Crippen molar-refractivity contribution in [3.05, 3.63) is 71.0 Å². The van der Waals surface area contributed by atoms with E-state index in [1.54, 1.807) is 48.5 Å². The standard InChI is InChI=1S/C23H24ClN7O3/c24-18-4-7-21(31-14-27-29-30-31)17(10-18)3-8-22(32)28-20(9-15-11-25-12-15)13-26-19-5-1-16(2-6-19)23(33)34/h1-8,10,14-15,20,25-26H,9,11-13H2,(H,28,32)(H,33,34)/b8-3+. The second-order valence-corrected chi connectivity index (χ2v) is 8.46. The number of anilines is 1. The maximum Gasteiger partial charge on any atom is 0.335 e. The van der Waals surface area contributed by atoms with Crippen molar-refractivity contribution >= 4 is 35.2 Å². The summed E-state index contributed by atoms with van der Waals surface area (Å²) in [6, 6.07) is 11.7. The van der Waals surface area contributed by atoms with Crippen LogP contribution in [0.5, 0.6) is 0 Å². The minimum atomic E-state index is -0.969. The Bertz CT molecular complexity index is 1160. The highest BCUT2D eigenvalue weighted by Crippen LogP contribution is 2.20. The molecule has 176 valence electrons. The van der Waals surface area contributed by atoms with E-state index in [1.807, 2.05) is 0 Å². The van der Waals surface area contributed by atoms with Gasteiger partial charge < -0.3 is 21.1 Å². The van der Waals surface area contributed by atoms with E-state index < -0.39 is 5.97 Å². The average molecular weight is 482 g/mol. The number of carboxylic acid groups (broad SMARTS) is 1. The fourth-order valence-corrected chi connectivity index (χ4v) is 3.82. The van der Waals surface area contributed by atoms with E-state index in [-0.39, 0.29) is 17.5 Å². The number of hydrogen-bond acceptors (Lipinski definition) is 7. The van der Waals surface area contributed by atoms with Crippen molar-refractivity contribution < 1.29 is 14.7 Å². The van der Waals surface area contributed by atoms with Crippen LogP contribution in [0.25, 0.3) is 11.8 Å². The number of carbonyl (C=O) groups excluding carboxylic acids is 1. The van der Waals surface area contributed by atoms with Crippen LogP contribution in [-0.2, 0) is 4.79 Å². The maximum atomic E-state index is 12.7. The molecule has 0 saturated carbocycles. The Hall–Kier alpha value is -3.76. The van der Waals surface area contributed by atoms with Crippen LogP contribution in [0.4, 0.5) is 5.69 Å². The zero-order chi connectivity index (χ0) is 23.9. The molecule has 1 atom stereocenters. The quantitative estimate of drug-likeness (QED) is 0.324. The maximum absolute atomic E-state index is 12.7. The first kappa shape index (κ1) is 23.4. The third-order valence-corrected chi connectivity index (χ3v) is 5.75. The summed E-state index contributed by atoms with van der Waals surface area (Å²) >= 11 is 6.14. The predicted molar refractivity (Wildman–Crippen MR) is 128 cm³/mol. The van der Waals surface area contributed by atoms with E-state index in [9.17, 15) is 9.59 Å². The van der Waals surface area contributed by atoms with E-state index >= 15 is 0 Å². The molecule has 4 rings (SSSR count). The monoisotopic (exact) mass is 481 g/mol. The van der Waals surface area contributed by atoms with Gasteiger partial charge in [0.15, 0.2) is 0 Å². The van der Waals surface area contributed by atoms with Crippen molar-refractivity contribution in [2.45, 2.75) is 12.5 Å². The number of nitrogens with one attached hydrogen (secondary N) is 3. The van der Waals surface area contributed by atoms with Crippen LogP contribution < -0.4 is 16.0 Å². The third kappa shape index (κ3) is 6.18. The molecular weight excluding hydrogens is 458 g/mol. The largest absolute Gasteiger partial charge is 0.478 e. The zero-order valence-corrected chi connectivity index (χ0v) is 18.9. The number of carbonyl (C=O) groups is 2. The molecule has 0 spiro atoms. The van der Waals surface area contributed by atoms with Gasteiger partial charge in [0.25, 0.3) is 0 Å². The van der Waals surface area contributed by atoms with Crippen LogP contribution in [0.15, 0.2) is 54.9 Å². The highest BCUT2D eigenvalue weighted by atomic mass is 35.5. The number of nitrogens with zero attached hydrogens (tertiary/aromatic N) is 4. The molecular formula is C23H24ClN7O3. The molecule has 2 heterocycles. The van der Waals surface area contributed by atoms with Crippen molar-refractivity contribution in [3.8, 4) is 5.69 Å². The SMILES string of the molecule is O=C(/C=C/c1cc(Cl)ccc1-n1cnnn1)NC(CNc1ccc(C(=O)O)cc1)CC1CNC1. The molecule has 1 unspecified atom stereocenters. The van der Waals surface area contributed by atoms with E-state index in [0.717, 1.165) is 25.2 Å². The third-order valence-electron chi connectivity index (χ3n) is 5.51. The molecule has 0 aliphatic carbocycles. The Labute approximate surface area is 201 Å². The zero-order valence-electron chi connectivity index (χ0n) is 18.2. The lowest BCUT2D eigenvalue weighted by Crippen LogP contribution is -2.48. The topological polar surface area (TPSA) is 134 Å². The molecule has 1 aliphatic rings. The normalized spacial score (nSPS) is 14.5. The van der Waals surface area contributed by atoms with Crippen molar-refractivity contribution in [2.75, 3.05) is 25.0 Å². The van der Waals surface area contributed by atoms with Crippen LogP contribution in [0.1, 0.15) is 22.3 Å². The number of hydrogen-bond donors (Lipinski definition) is 4. The Morgan fingerprint density at radius 1 is 1.24 bits per heavy atom. The molecule has 1 fully saturated rings. The lowest BCUT2D eigenvalue weighted by Gasteiger charge is -2.31. The first-order valence-corrected chi connectivity index (χ1v) is 11.1. The van der Waals surface area contributed by atoms with Gasteiger partial charge in [-0.25, -0.2) is 4.79 Å². The average Bonchev–Trinajstić information content (AvgIpc) is 3.33. The van der Waals surface area contributed by atoms with Gasteiger partial charge in [-0.2, -0.15) is 4.68 Å². The van der Waals surface area contributed by atoms with E-state index in [4.69, 9.17) is 16.7 Å². The first-order chi connectivity index (χ1) is 16.5. The number of benzene rings is 2. The first-order valence-electron chi connectivity index (χ1n) is 10.8. The van der Waals surface area contributed by atoms with E-state index in [0.29, 0.717) is 28.7 Å². The van der Waals surface area contributed by atoms with Gasteiger partial charge in [0.05, 0.1) is 11.3 Å². The molecule has 11 heteroatoms. The summed E-state index contributed by atoms with van der Waals surface area (Å²) in [5.74, 6) is -0.711. The molecule has 3 aromatic rings. The van der Waals surface area contributed by atoms with Gasteiger partial charge in [-0.3, -0.25) is 4.79 Å². The Balaban J connectivity index is 1.41. The number of aromatic carboxylic acids is 1. The minimum Gasteiger partial charge on any atom is -0.478 e. The summed E-state index contributed by atoms with van der Waals surface area (Å²) in [6.07, 6.45) is 5.43. The number of carboxylic acids is 1. The van der Waals surface area contributed by atoms with Crippen molar-refractivity contribution in [1.82, 2.24) is 30.8 Å². The van der Waals surface area contributed by atoms with Crippen LogP contribution >= 0.6 is 11.6 Å². The van der Waals surface area contributed by atoms with Crippen LogP contribution in [0.3, 0.4) is 0 Å². The second kappa shape index (κ2) is 10.9. The fraction of sp³-hybridized carbons (Fsp3) is 0.261. The lowest BCUT2D eigenvalue weighted by molar-refractivity contribution is -0.117. The van der Waals surface area contributed by atoms with Gasteiger partial charge in [-0.05, 0) is 84.4 Å². The minimum absolute atomic E-state index is 0.109. The molecule has 1 saturated heterocycles. The summed E-state index contributed by atoms with van der Waals surface area (Å²) in [6.45, 7) is 2.36. The van der Waals surface area contributed by atoms with E-state index in [2.05, 4.69) is 31.5 Å². The van der Waals surface area contributed by atoms with Crippen molar-refractivity contribution in [3.63, 3.8) is 0 Å². The highest BCUT2D eigenvalue weighted by Gasteiger charge is 2.22. The van der Waals surface area contributed by atoms with Gasteiger partial charge in [-0.1, -0.05) is 11.6 Å². The van der Waals surface area contributed by atoms with Crippen molar-refractivity contribution in [2.24, 2.45) is 5.92 Å². The summed E-state index contributed by atoms with van der Waals surface area (Å²) in [5, 5.41) is 30.4. The van der Waals surface area contributed by atoms with Gasteiger partial charge >= 0.3 is 5.97 Å². The van der Waals surface area contributed by atoms with Crippen LogP contribution in [0.2, 0.25) is 5.02 Å². The second-order valence-electron chi connectivity index (χ2n) is 8.02. The molecule has 4 N–H and O–H groups in total. The Morgan fingerprint density at radius 3 is 2.68 bits per heavy atom. The molecule has 1 amide bonds. The van der Waals surface area contributed by atoms with Crippen LogP contribution in [0, 0.1) is 5.92 Å². The van der Waals surface area contributed by atoms with E-state index in [1.165, 1.54) is 17.1 Å².